The molecule has 0 heterocycles. The average molecular weight is 161 g/mol. The van der Waals surface area contributed by atoms with Gasteiger partial charge >= 0.3 is 5.97 Å². The van der Waals surface area contributed by atoms with Crippen LogP contribution in [0, 0.1) is 5.92 Å². The van der Waals surface area contributed by atoms with E-state index in [1.807, 2.05) is 5.32 Å². The minimum atomic E-state index is -1.80. The highest BCUT2D eigenvalue weighted by Crippen LogP contribution is 1.91. The summed E-state index contributed by atoms with van der Waals surface area (Å²) in [6, 6.07) is 0. The summed E-state index contributed by atoms with van der Waals surface area (Å²) in [6.07, 6.45) is -1.80. The summed E-state index contributed by atoms with van der Waals surface area (Å²) in [5.74, 6) is -2.28. The van der Waals surface area contributed by atoms with Crippen LogP contribution in [0.15, 0.2) is 0 Å². The van der Waals surface area contributed by atoms with E-state index in [9.17, 15) is 9.59 Å². The smallest absolute Gasteiger partial charge is 0.353 e. The first-order chi connectivity index (χ1) is 4.95. The lowest BCUT2D eigenvalue weighted by Crippen LogP contribution is -2.42. The van der Waals surface area contributed by atoms with Crippen LogP contribution in [0.25, 0.3) is 0 Å². The second-order valence-corrected chi connectivity index (χ2v) is 2.40. The first-order valence-electron chi connectivity index (χ1n) is 3.16. The standard InChI is InChI=1S/C6H11NO4/c1-3(2)4(8)7-5(9)6(10)11/h3,5,9H,1-2H3,(H,7,8)(H,10,11). The van der Waals surface area contributed by atoms with Crippen molar-refractivity contribution in [2.45, 2.75) is 20.1 Å². The number of aliphatic hydroxyl groups excluding tert-OH is 1. The molecule has 1 amide bonds. The molecular weight excluding hydrogens is 150 g/mol. The van der Waals surface area contributed by atoms with Gasteiger partial charge in [-0.05, 0) is 0 Å². The monoisotopic (exact) mass is 161 g/mol. The molecular formula is C6H11NO4. The van der Waals surface area contributed by atoms with Crippen LogP contribution in [0.1, 0.15) is 13.8 Å². The van der Waals surface area contributed by atoms with Gasteiger partial charge in [0.15, 0.2) is 0 Å². The van der Waals surface area contributed by atoms with Crippen LogP contribution in [-0.2, 0) is 9.59 Å². The Balaban J connectivity index is 3.85. The lowest BCUT2D eigenvalue weighted by molar-refractivity contribution is -0.151. The molecule has 3 N–H and O–H groups in total. The molecule has 0 aromatic rings. The first-order valence-corrected chi connectivity index (χ1v) is 3.16. The number of nitrogens with one attached hydrogen (secondary N) is 1. The van der Waals surface area contributed by atoms with E-state index in [4.69, 9.17) is 10.2 Å². The Bertz CT molecular complexity index is 166. The van der Waals surface area contributed by atoms with Crippen LogP contribution >= 0.6 is 0 Å². The Morgan fingerprint density at radius 3 is 2.09 bits per heavy atom. The molecule has 0 rings (SSSR count). The second-order valence-electron chi connectivity index (χ2n) is 2.40. The van der Waals surface area contributed by atoms with Gasteiger partial charge in [0.05, 0.1) is 0 Å². The van der Waals surface area contributed by atoms with E-state index in [2.05, 4.69) is 0 Å². The van der Waals surface area contributed by atoms with Gasteiger partial charge < -0.3 is 15.5 Å². The normalized spacial score (nSPS) is 12.7. The summed E-state index contributed by atoms with van der Waals surface area (Å²) in [6.45, 7) is 3.20. The average Bonchev–Trinajstić information content (AvgIpc) is 1.87. The molecule has 64 valence electrons. The number of carbonyl (C=O) groups is 2. The maximum absolute atomic E-state index is 10.7. The summed E-state index contributed by atoms with van der Waals surface area (Å²) in [4.78, 5) is 20.7. The van der Waals surface area contributed by atoms with Crippen molar-refractivity contribution < 1.29 is 19.8 Å². The van der Waals surface area contributed by atoms with Gasteiger partial charge in [0.25, 0.3) is 0 Å². The highest BCUT2D eigenvalue weighted by molar-refractivity contribution is 5.83. The zero-order chi connectivity index (χ0) is 9.02. The van der Waals surface area contributed by atoms with Crippen LogP contribution in [-0.4, -0.2) is 28.3 Å². The number of aliphatic hydroxyl groups is 1. The van der Waals surface area contributed by atoms with Crippen molar-refractivity contribution in [3.63, 3.8) is 0 Å². The Morgan fingerprint density at radius 1 is 1.36 bits per heavy atom. The Morgan fingerprint density at radius 2 is 1.82 bits per heavy atom. The predicted octanol–water partition coefficient (Wildman–Crippen LogP) is -0.838. The zero-order valence-electron chi connectivity index (χ0n) is 6.37. The molecule has 5 nitrogen and oxygen atoms in total. The number of carboxylic acid groups (broad SMARTS) is 1. The third-order valence-electron chi connectivity index (χ3n) is 1.04. The van der Waals surface area contributed by atoms with Gasteiger partial charge in [0.1, 0.15) is 0 Å². The number of aliphatic carboxylic acids is 1. The summed E-state index contributed by atoms with van der Waals surface area (Å²) >= 11 is 0. The van der Waals surface area contributed by atoms with Gasteiger partial charge in [-0.2, -0.15) is 0 Å². The quantitative estimate of drug-likeness (QED) is 0.471. The van der Waals surface area contributed by atoms with E-state index < -0.39 is 18.1 Å². The molecule has 1 atom stereocenters. The van der Waals surface area contributed by atoms with Crippen molar-refractivity contribution in [3.8, 4) is 0 Å². The number of hydrogen-bond acceptors (Lipinski definition) is 3. The minimum Gasteiger partial charge on any atom is -0.478 e. The van der Waals surface area contributed by atoms with E-state index in [1.54, 1.807) is 13.8 Å². The highest BCUT2D eigenvalue weighted by atomic mass is 16.4. The molecule has 0 radical (unpaired) electrons. The van der Waals surface area contributed by atoms with E-state index >= 15 is 0 Å². The van der Waals surface area contributed by atoms with E-state index in [-0.39, 0.29) is 5.92 Å². The molecule has 1 unspecified atom stereocenters. The van der Waals surface area contributed by atoms with Crippen LogP contribution in [0.5, 0.6) is 0 Å². The summed E-state index contributed by atoms with van der Waals surface area (Å²) in [5.41, 5.74) is 0. The molecule has 0 aliphatic rings. The van der Waals surface area contributed by atoms with E-state index in [0.29, 0.717) is 0 Å². The molecule has 0 fully saturated rings. The van der Waals surface area contributed by atoms with Gasteiger partial charge in [-0.15, -0.1) is 0 Å². The SMILES string of the molecule is CC(C)C(=O)NC(O)C(=O)O. The van der Waals surface area contributed by atoms with Crippen LogP contribution < -0.4 is 5.32 Å². The Hall–Kier alpha value is -1.10. The summed E-state index contributed by atoms with van der Waals surface area (Å²) in [7, 11) is 0. The lowest BCUT2D eigenvalue weighted by Gasteiger charge is -2.09. The second kappa shape index (κ2) is 3.92. The maximum Gasteiger partial charge on any atom is 0.353 e. The fourth-order valence-corrected chi connectivity index (χ4v) is 0.363. The topological polar surface area (TPSA) is 86.6 Å². The molecule has 5 heteroatoms. The molecule has 0 aromatic carbocycles. The molecule has 0 saturated heterocycles. The molecule has 0 bridgehead atoms. The minimum absolute atomic E-state index is 0.330. The van der Waals surface area contributed by atoms with E-state index in [1.165, 1.54) is 0 Å². The van der Waals surface area contributed by atoms with Crippen LogP contribution in [0.3, 0.4) is 0 Å². The van der Waals surface area contributed by atoms with Crippen LogP contribution in [0.4, 0.5) is 0 Å². The van der Waals surface area contributed by atoms with Gasteiger partial charge in [0.2, 0.25) is 12.1 Å². The summed E-state index contributed by atoms with van der Waals surface area (Å²) < 4.78 is 0. The highest BCUT2D eigenvalue weighted by Gasteiger charge is 2.17. The third-order valence-corrected chi connectivity index (χ3v) is 1.04. The molecule has 0 aromatic heterocycles. The number of carboxylic acids is 1. The number of carbonyl (C=O) groups excluding carboxylic acids is 1. The number of amides is 1. The number of rotatable bonds is 3. The van der Waals surface area contributed by atoms with Crippen molar-refractivity contribution >= 4 is 11.9 Å². The molecule has 0 spiro atoms. The van der Waals surface area contributed by atoms with Gasteiger partial charge in [-0.3, -0.25) is 4.79 Å². The fraction of sp³-hybridized carbons (Fsp3) is 0.667. The molecule has 0 aliphatic carbocycles. The van der Waals surface area contributed by atoms with Crippen molar-refractivity contribution in [1.82, 2.24) is 5.32 Å². The summed E-state index contributed by atoms with van der Waals surface area (Å²) in [5, 5.41) is 18.7. The third kappa shape index (κ3) is 3.57. The van der Waals surface area contributed by atoms with Crippen molar-refractivity contribution in [1.29, 1.82) is 0 Å². The Kier molecular flexibility index (Phi) is 3.53. The lowest BCUT2D eigenvalue weighted by atomic mass is 10.2. The maximum atomic E-state index is 10.7. The van der Waals surface area contributed by atoms with Crippen molar-refractivity contribution in [2.75, 3.05) is 0 Å². The van der Waals surface area contributed by atoms with Gasteiger partial charge in [0, 0.05) is 5.92 Å². The molecule has 11 heavy (non-hydrogen) atoms. The first kappa shape index (κ1) is 9.90. The molecule has 0 aliphatic heterocycles. The predicted molar refractivity (Wildman–Crippen MR) is 36.6 cm³/mol. The zero-order valence-corrected chi connectivity index (χ0v) is 6.37. The van der Waals surface area contributed by atoms with E-state index in [0.717, 1.165) is 0 Å². The molecule has 0 saturated carbocycles. The van der Waals surface area contributed by atoms with Gasteiger partial charge in [-0.1, -0.05) is 13.8 Å². The Labute approximate surface area is 64.0 Å². The van der Waals surface area contributed by atoms with Crippen molar-refractivity contribution in [2.24, 2.45) is 5.92 Å². The largest absolute Gasteiger partial charge is 0.478 e. The van der Waals surface area contributed by atoms with Crippen molar-refractivity contribution in [3.05, 3.63) is 0 Å². The van der Waals surface area contributed by atoms with Crippen LogP contribution in [0.2, 0.25) is 0 Å². The number of hydrogen-bond donors (Lipinski definition) is 3. The van der Waals surface area contributed by atoms with Gasteiger partial charge in [-0.25, -0.2) is 4.79 Å². The fourth-order valence-electron chi connectivity index (χ4n) is 0.363.